The highest BCUT2D eigenvalue weighted by atomic mass is 16.3. The number of fused-ring (bicyclic) bond motifs is 8. The first kappa shape index (κ1) is 32.5. The SMILES string of the molecule is Cc1c(C(C)C)cc2c(O)c1Cc1cc(C(C)C)cc(c1O)Cc1cc(C(C)C)cc(c1O)Cc1cc(C(C)C)cc(c1O)C2. The normalized spacial score (nSPS) is 13.4. The van der Waals surface area contributed by atoms with Gasteiger partial charge in [0.15, 0.2) is 0 Å². The van der Waals surface area contributed by atoms with Gasteiger partial charge in [0, 0.05) is 31.2 Å². The van der Waals surface area contributed by atoms with Gasteiger partial charge in [-0.3, -0.25) is 0 Å². The minimum atomic E-state index is 0.207. The Morgan fingerprint density at radius 3 is 0.978 bits per heavy atom. The highest BCUT2D eigenvalue weighted by molar-refractivity contribution is 5.59. The lowest BCUT2D eigenvalue weighted by Gasteiger charge is -2.23. The lowest BCUT2D eigenvalue weighted by molar-refractivity contribution is 0.449. The minimum absolute atomic E-state index is 0.207. The van der Waals surface area contributed by atoms with Crippen molar-refractivity contribution < 1.29 is 20.4 Å². The Bertz CT molecular complexity index is 1760. The van der Waals surface area contributed by atoms with Crippen molar-refractivity contribution >= 4 is 0 Å². The monoisotopic (exact) mass is 606 g/mol. The Morgan fingerprint density at radius 2 is 0.689 bits per heavy atom. The Labute approximate surface area is 269 Å². The van der Waals surface area contributed by atoms with Gasteiger partial charge in [-0.05, 0) is 97.4 Å². The Hall–Kier alpha value is -3.92. The van der Waals surface area contributed by atoms with Crippen molar-refractivity contribution in [2.24, 2.45) is 0 Å². The molecule has 4 aromatic rings. The van der Waals surface area contributed by atoms with Crippen molar-refractivity contribution in [1.82, 2.24) is 0 Å². The summed E-state index contributed by atoms with van der Waals surface area (Å²) < 4.78 is 0. The van der Waals surface area contributed by atoms with Crippen LogP contribution in [0.15, 0.2) is 42.5 Å². The van der Waals surface area contributed by atoms with Gasteiger partial charge in [-0.15, -0.1) is 0 Å². The topological polar surface area (TPSA) is 80.9 Å². The molecule has 0 aromatic heterocycles. The number of hydrogen-bond donors (Lipinski definition) is 4. The van der Waals surface area contributed by atoms with Gasteiger partial charge >= 0.3 is 0 Å². The van der Waals surface area contributed by atoms with Crippen molar-refractivity contribution in [3.05, 3.63) is 115 Å². The molecule has 1 aliphatic rings. The maximum atomic E-state index is 11.9. The lowest BCUT2D eigenvalue weighted by atomic mass is 9.83. The molecular formula is C41H50O4. The molecule has 5 rings (SSSR count). The van der Waals surface area contributed by atoms with Crippen molar-refractivity contribution in [2.45, 2.75) is 112 Å². The highest BCUT2D eigenvalue weighted by Crippen LogP contribution is 2.42. The smallest absolute Gasteiger partial charge is 0.122 e. The molecule has 4 nitrogen and oxygen atoms in total. The van der Waals surface area contributed by atoms with Crippen LogP contribution in [-0.2, 0) is 25.7 Å². The van der Waals surface area contributed by atoms with Gasteiger partial charge in [0.05, 0.1) is 0 Å². The molecule has 0 radical (unpaired) electrons. The first-order chi connectivity index (χ1) is 21.2. The van der Waals surface area contributed by atoms with Crippen LogP contribution in [0.3, 0.4) is 0 Å². The summed E-state index contributed by atoms with van der Waals surface area (Å²) in [4.78, 5) is 0. The predicted octanol–water partition coefficient (Wildman–Crippen LogP) is 9.99. The van der Waals surface area contributed by atoms with E-state index in [1.54, 1.807) is 0 Å². The second kappa shape index (κ2) is 12.5. The van der Waals surface area contributed by atoms with Gasteiger partial charge in [-0.2, -0.15) is 0 Å². The third kappa shape index (κ3) is 6.30. The van der Waals surface area contributed by atoms with E-state index in [2.05, 4.69) is 105 Å². The number of phenols is 4. The fourth-order valence-corrected chi connectivity index (χ4v) is 6.84. The predicted molar refractivity (Wildman–Crippen MR) is 185 cm³/mol. The molecule has 0 spiro atoms. The summed E-state index contributed by atoms with van der Waals surface area (Å²) in [5, 5.41) is 47.1. The summed E-state index contributed by atoms with van der Waals surface area (Å²) in [6, 6.07) is 14.4. The second-order valence-corrected chi connectivity index (χ2v) is 14.5. The number of benzene rings is 4. The molecule has 4 aromatic carbocycles. The summed E-state index contributed by atoms with van der Waals surface area (Å²) in [5.41, 5.74) is 11.6. The first-order valence-electron chi connectivity index (χ1n) is 16.5. The average Bonchev–Trinajstić information content (AvgIpc) is 2.96. The van der Waals surface area contributed by atoms with Crippen LogP contribution in [0.25, 0.3) is 0 Å². The zero-order valence-electron chi connectivity index (χ0n) is 28.5. The van der Waals surface area contributed by atoms with Gasteiger partial charge in [0.1, 0.15) is 23.0 Å². The highest BCUT2D eigenvalue weighted by Gasteiger charge is 2.24. The van der Waals surface area contributed by atoms with Crippen LogP contribution in [-0.4, -0.2) is 20.4 Å². The summed E-state index contributed by atoms with van der Waals surface area (Å²) in [5.74, 6) is 1.78. The molecule has 0 fully saturated rings. The molecule has 45 heavy (non-hydrogen) atoms. The van der Waals surface area contributed by atoms with E-state index in [0.29, 0.717) is 25.7 Å². The molecule has 0 saturated carbocycles. The summed E-state index contributed by atoms with van der Waals surface area (Å²) in [6.45, 7) is 19.2. The van der Waals surface area contributed by atoms with Crippen LogP contribution < -0.4 is 0 Å². The average molecular weight is 607 g/mol. The van der Waals surface area contributed by atoms with E-state index >= 15 is 0 Å². The van der Waals surface area contributed by atoms with E-state index in [9.17, 15) is 20.4 Å². The van der Waals surface area contributed by atoms with Crippen molar-refractivity contribution in [2.75, 3.05) is 0 Å². The number of aromatic hydroxyl groups is 4. The van der Waals surface area contributed by atoms with Crippen molar-refractivity contribution in [1.29, 1.82) is 0 Å². The van der Waals surface area contributed by atoms with E-state index in [4.69, 9.17) is 0 Å². The molecular weight excluding hydrogens is 556 g/mol. The molecule has 0 amide bonds. The molecule has 0 atom stereocenters. The largest absolute Gasteiger partial charge is 0.507 e. The van der Waals surface area contributed by atoms with Crippen LogP contribution in [0, 0.1) is 6.92 Å². The molecule has 4 heteroatoms. The number of rotatable bonds is 4. The van der Waals surface area contributed by atoms with Gasteiger partial charge < -0.3 is 20.4 Å². The summed E-state index contributed by atoms with van der Waals surface area (Å²) >= 11 is 0. The molecule has 1 aliphatic carbocycles. The molecule has 0 unspecified atom stereocenters. The molecule has 0 heterocycles. The number of hydrogen-bond acceptors (Lipinski definition) is 4. The van der Waals surface area contributed by atoms with E-state index in [1.165, 1.54) is 0 Å². The third-order valence-electron chi connectivity index (χ3n) is 9.81. The fourth-order valence-electron chi connectivity index (χ4n) is 6.84. The molecule has 0 aliphatic heterocycles. The molecule has 4 N–H and O–H groups in total. The quantitative estimate of drug-likeness (QED) is 0.164. The van der Waals surface area contributed by atoms with E-state index < -0.39 is 0 Å². The first-order valence-corrected chi connectivity index (χ1v) is 16.5. The lowest BCUT2D eigenvalue weighted by Crippen LogP contribution is -2.07. The number of phenolic OH excluding ortho intramolecular Hbond substituents is 4. The maximum Gasteiger partial charge on any atom is 0.122 e. The van der Waals surface area contributed by atoms with Crippen molar-refractivity contribution in [3.8, 4) is 23.0 Å². The van der Waals surface area contributed by atoms with Gasteiger partial charge in [0.25, 0.3) is 0 Å². The van der Waals surface area contributed by atoms with Crippen LogP contribution in [0.1, 0.15) is 151 Å². The zero-order valence-corrected chi connectivity index (χ0v) is 28.5. The summed E-state index contributed by atoms with van der Waals surface area (Å²) in [6.07, 6.45) is 1.47. The van der Waals surface area contributed by atoms with Crippen LogP contribution in [0.2, 0.25) is 0 Å². The fraction of sp³-hybridized carbons (Fsp3) is 0.415. The van der Waals surface area contributed by atoms with Crippen LogP contribution in [0.4, 0.5) is 0 Å². The molecule has 0 saturated heterocycles. The second-order valence-electron chi connectivity index (χ2n) is 14.5. The van der Waals surface area contributed by atoms with E-state index in [1.807, 2.05) is 0 Å². The van der Waals surface area contributed by atoms with E-state index in [-0.39, 0.29) is 46.7 Å². The van der Waals surface area contributed by atoms with E-state index in [0.717, 1.165) is 72.3 Å². The standard InChI is InChI=1S/C41H50O4/c1-21(2)26-10-29-16-30-12-27(22(3)4)13-33(39(30)43)18-35-19-36(24(7)8)25(9)37(41(35)45)20-34-15-28(23(5)6)14-32(40(34)44)17-31(11-26)38(29)42/h10-15,19,21-24,42-45H,16-18,20H2,1-9H3. The Morgan fingerprint density at radius 1 is 0.400 bits per heavy atom. The minimum Gasteiger partial charge on any atom is -0.507 e. The van der Waals surface area contributed by atoms with Crippen LogP contribution >= 0.6 is 0 Å². The summed E-state index contributed by atoms with van der Waals surface area (Å²) in [7, 11) is 0. The van der Waals surface area contributed by atoms with Gasteiger partial charge in [-0.1, -0.05) is 97.9 Å². The molecule has 8 bridgehead atoms. The van der Waals surface area contributed by atoms with Gasteiger partial charge in [0.2, 0.25) is 0 Å². The Balaban J connectivity index is 1.87. The van der Waals surface area contributed by atoms with Crippen LogP contribution in [0.5, 0.6) is 23.0 Å². The maximum absolute atomic E-state index is 11.9. The third-order valence-corrected chi connectivity index (χ3v) is 9.81. The Kier molecular flexibility index (Phi) is 8.99. The zero-order chi connectivity index (χ0) is 32.9. The van der Waals surface area contributed by atoms with Crippen molar-refractivity contribution in [3.63, 3.8) is 0 Å². The van der Waals surface area contributed by atoms with Gasteiger partial charge in [-0.25, -0.2) is 0 Å². The molecule has 238 valence electrons.